The maximum Gasteiger partial charge on any atom is 0.317 e. The molecule has 44 heavy (non-hydrogen) atoms. The number of anilines is 1. The van der Waals surface area contributed by atoms with Gasteiger partial charge < -0.3 is 35.0 Å². The van der Waals surface area contributed by atoms with Crippen molar-refractivity contribution in [1.29, 1.82) is 0 Å². The third kappa shape index (κ3) is 10.5. The predicted octanol–water partition coefficient (Wildman–Crippen LogP) is 4.71. The van der Waals surface area contributed by atoms with Crippen LogP contribution in [0.1, 0.15) is 69.8 Å². The van der Waals surface area contributed by atoms with Crippen LogP contribution < -0.4 is 15.4 Å². The second-order valence-corrected chi connectivity index (χ2v) is 12.2. The number of aliphatic hydroxyl groups excluding tert-OH is 1. The molecule has 1 heterocycles. The van der Waals surface area contributed by atoms with Gasteiger partial charge in [-0.05, 0) is 70.7 Å². The van der Waals surface area contributed by atoms with Gasteiger partial charge in [0.1, 0.15) is 5.75 Å². The minimum Gasteiger partial charge on any atom is -0.490 e. The smallest absolute Gasteiger partial charge is 0.317 e. The molecule has 0 bridgehead atoms. The first-order valence-corrected chi connectivity index (χ1v) is 15.7. The van der Waals surface area contributed by atoms with Crippen LogP contribution in [-0.2, 0) is 16.0 Å². The number of likely N-dealkylation sites (N-methyl/N-ethyl adjacent to an activating group) is 1. The van der Waals surface area contributed by atoms with E-state index in [0.29, 0.717) is 30.2 Å². The molecule has 0 aromatic heterocycles. The van der Waals surface area contributed by atoms with Crippen molar-refractivity contribution in [3.63, 3.8) is 0 Å². The average Bonchev–Trinajstić information content (AvgIpc) is 2.98. The Labute approximate surface area is 262 Å². The Morgan fingerprint density at radius 3 is 2.50 bits per heavy atom. The van der Waals surface area contributed by atoms with E-state index in [9.17, 15) is 19.5 Å². The van der Waals surface area contributed by atoms with Crippen molar-refractivity contribution in [2.24, 2.45) is 5.92 Å². The molecule has 0 radical (unpaired) electrons. The third-order valence-corrected chi connectivity index (χ3v) is 7.76. The molecule has 1 aliphatic heterocycles. The highest BCUT2D eigenvalue weighted by Crippen LogP contribution is 2.28. The first-order valence-electron chi connectivity index (χ1n) is 15.7. The summed E-state index contributed by atoms with van der Waals surface area (Å²) in [4.78, 5) is 43.0. The lowest BCUT2D eigenvalue weighted by atomic mass is 10.0. The molecule has 3 N–H and O–H groups in total. The molecule has 0 saturated carbocycles. The van der Waals surface area contributed by atoms with Gasteiger partial charge in [-0.2, -0.15) is 0 Å². The number of carbonyl (C=O) groups is 3. The van der Waals surface area contributed by atoms with Crippen molar-refractivity contribution in [2.75, 3.05) is 38.7 Å². The Morgan fingerprint density at radius 1 is 1.09 bits per heavy atom. The fraction of sp³-hybridized carbons (Fsp3) is 0.559. The first-order chi connectivity index (χ1) is 21.0. The van der Waals surface area contributed by atoms with Crippen molar-refractivity contribution in [2.45, 2.75) is 84.6 Å². The zero-order chi connectivity index (χ0) is 32.2. The largest absolute Gasteiger partial charge is 0.490 e. The number of urea groups is 1. The number of carbonyl (C=O) groups excluding carboxylic acids is 3. The normalized spacial score (nSPS) is 20.6. The Hall–Kier alpha value is -3.63. The van der Waals surface area contributed by atoms with Crippen LogP contribution >= 0.6 is 0 Å². The van der Waals surface area contributed by atoms with Crippen LogP contribution in [0.15, 0.2) is 48.5 Å². The standard InChI is InChI=1S/C34H50N4O6/c1-23(2)35-34(42)37(6)21-31-24(3)20-38(25(4)22-39)33(41)29-19-28(36-32(40)18-27-13-8-7-9-14-27)15-16-30(29)44-26(5)12-10-11-17-43-31/h7-9,13-16,19,23-26,31,39H,10-12,17-18,20-22H2,1-6H3,(H,35,42)(H,36,40)/t24-,25-,26-,31+/m1/s1. The van der Waals surface area contributed by atoms with Gasteiger partial charge in [0.25, 0.3) is 5.91 Å². The summed E-state index contributed by atoms with van der Waals surface area (Å²) in [6.07, 6.45) is 2.17. The van der Waals surface area contributed by atoms with Crippen molar-refractivity contribution < 1.29 is 29.0 Å². The second-order valence-electron chi connectivity index (χ2n) is 12.2. The van der Waals surface area contributed by atoms with Gasteiger partial charge in [0.15, 0.2) is 0 Å². The summed E-state index contributed by atoms with van der Waals surface area (Å²) < 4.78 is 12.6. The third-order valence-electron chi connectivity index (χ3n) is 7.76. The molecule has 242 valence electrons. The molecule has 0 saturated heterocycles. The maximum atomic E-state index is 14.3. The number of nitrogens with zero attached hydrogens (tertiary/aromatic N) is 2. The Balaban J connectivity index is 1.91. The van der Waals surface area contributed by atoms with E-state index in [4.69, 9.17) is 9.47 Å². The van der Waals surface area contributed by atoms with E-state index < -0.39 is 6.04 Å². The van der Waals surface area contributed by atoms with Crippen LogP contribution in [0.3, 0.4) is 0 Å². The lowest BCUT2D eigenvalue weighted by Crippen LogP contribution is -2.49. The average molecular weight is 611 g/mol. The number of ether oxygens (including phenoxy) is 2. The van der Waals surface area contributed by atoms with Gasteiger partial charge >= 0.3 is 6.03 Å². The number of aliphatic hydroxyl groups is 1. The number of nitrogens with one attached hydrogen (secondary N) is 2. The number of fused-ring (bicyclic) bond motifs is 1. The minimum atomic E-state index is -0.498. The van der Waals surface area contributed by atoms with Crippen molar-refractivity contribution in [3.8, 4) is 5.75 Å². The van der Waals surface area contributed by atoms with E-state index in [2.05, 4.69) is 10.6 Å². The summed E-state index contributed by atoms with van der Waals surface area (Å²) in [5.41, 5.74) is 1.68. The van der Waals surface area contributed by atoms with Gasteiger partial charge in [0, 0.05) is 44.4 Å². The van der Waals surface area contributed by atoms with Gasteiger partial charge in [-0.25, -0.2) is 4.79 Å². The quantitative estimate of drug-likeness (QED) is 0.398. The Morgan fingerprint density at radius 2 is 1.82 bits per heavy atom. The second kappa shape index (κ2) is 17.0. The highest BCUT2D eigenvalue weighted by Gasteiger charge is 2.31. The van der Waals surface area contributed by atoms with E-state index in [1.807, 2.05) is 58.0 Å². The van der Waals surface area contributed by atoms with Crippen molar-refractivity contribution >= 4 is 23.5 Å². The number of benzene rings is 2. The van der Waals surface area contributed by atoms with Gasteiger partial charge in [-0.1, -0.05) is 37.3 Å². The molecule has 4 atom stereocenters. The molecule has 0 spiro atoms. The summed E-state index contributed by atoms with van der Waals surface area (Å²) >= 11 is 0. The topological polar surface area (TPSA) is 120 Å². The molecule has 1 aliphatic rings. The highest BCUT2D eigenvalue weighted by atomic mass is 16.5. The number of hydrogen-bond acceptors (Lipinski definition) is 6. The molecule has 2 aromatic rings. The number of hydrogen-bond donors (Lipinski definition) is 3. The summed E-state index contributed by atoms with van der Waals surface area (Å²) in [7, 11) is 1.74. The maximum absolute atomic E-state index is 14.3. The molecular formula is C34H50N4O6. The lowest BCUT2D eigenvalue weighted by Gasteiger charge is -2.36. The summed E-state index contributed by atoms with van der Waals surface area (Å²) in [6.45, 7) is 10.5. The minimum absolute atomic E-state index is 0.00286. The molecule has 10 heteroatoms. The van der Waals surface area contributed by atoms with Crippen LogP contribution in [0.4, 0.5) is 10.5 Å². The molecule has 0 aliphatic carbocycles. The zero-order valence-corrected chi connectivity index (χ0v) is 27.0. The van der Waals surface area contributed by atoms with Crippen molar-refractivity contribution in [3.05, 3.63) is 59.7 Å². The molecule has 2 aromatic carbocycles. The van der Waals surface area contributed by atoms with Gasteiger partial charge in [-0.15, -0.1) is 0 Å². The van der Waals surface area contributed by atoms with E-state index in [-0.39, 0.29) is 61.6 Å². The highest BCUT2D eigenvalue weighted by molar-refractivity contribution is 6.00. The summed E-state index contributed by atoms with van der Waals surface area (Å²) in [5.74, 6) is -0.247. The molecule has 3 rings (SSSR count). The van der Waals surface area contributed by atoms with Crippen LogP contribution in [0, 0.1) is 5.92 Å². The predicted molar refractivity (Wildman–Crippen MR) is 172 cm³/mol. The molecule has 10 nitrogen and oxygen atoms in total. The lowest BCUT2D eigenvalue weighted by molar-refractivity contribution is -0.115. The van der Waals surface area contributed by atoms with E-state index in [1.165, 1.54) is 0 Å². The van der Waals surface area contributed by atoms with E-state index >= 15 is 0 Å². The van der Waals surface area contributed by atoms with Crippen LogP contribution in [0.25, 0.3) is 0 Å². The fourth-order valence-corrected chi connectivity index (χ4v) is 5.16. The Kier molecular flexibility index (Phi) is 13.5. The van der Waals surface area contributed by atoms with Gasteiger partial charge in [0.05, 0.1) is 36.8 Å². The van der Waals surface area contributed by atoms with Crippen LogP contribution in [0.5, 0.6) is 5.75 Å². The number of rotatable bonds is 8. The van der Waals surface area contributed by atoms with E-state index in [0.717, 1.165) is 24.8 Å². The van der Waals surface area contributed by atoms with Crippen molar-refractivity contribution in [1.82, 2.24) is 15.1 Å². The van der Waals surface area contributed by atoms with Crippen LogP contribution in [-0.4, -0.2) is 90.4 Å². The van der Waals surface area contributed by atoms with E-state index in [1.54, 1.807) is 42.0 Å². The fourth-order valence-electron chi connectivity index (χ4n) is 5.16. The van der Waals surface area contributed by atoms with Crippen LogP contribution in [0.2, 0.25) is 0 Å². The molecule has 4 amide bonds. The monoisotopic (exact) mass is 610 g/mol. The molecular weight excluding hydrogens is 560 g/mol. The Bertz CT molecular complexity index is 1220. The summed E-state index contributed by atoms with van der Waals surface area (Å²) in [6, 6.07) is 13.9. The molecule has 0 fully saturated rings. The SMILES string of the molecule is CC(C)NC(=O)N(C)C[C@@H]1OCCCC[C@@H](C)Oc2ccc(NC(=O)Cc3ccccc3)cc2C(=O)N([C@H](C)CO)C[C@H]1C. The molecule has 0 unspecified atom stereocenters. The number of amides is 4. The summed E-state index contributed by atoms with van der Waals surface area (Å²) in [5, 5.41) is 16.0. The zero-order valence-electron chi connectivity index (χ0n) is 27.0. The van der Waals surface area contributed by atoms with Gasteiger partial charge in [-0.3, -0.25) is 9.59 Å². The first kappa shape index (κ1) is 34.9. The van der Waals surface area contributed by atoms with Gasteiger partial charge in [0.2, 0.25) is 5.91 Å².